The van der Waals surface area contributed by atoms with Gasteiger partial charge in [-0.2, -0.15) is 5.10 Å². The molecule has 0 unspecified atom stereocenters. The van der Waals surface area contributed by atoms with E-state index in [0.717, 1.165) is 0 Å². The Balaban J connectivity index is 2.24. The van der Waals surface area contributed by atoms with E-state index in [1.54, 1.807) is 31.4 Å². The van der Waals surface area contributed by atoms with Gasteiger partial charge in [-0.15, -0.1) is 0 Å². The van der Waals surface area contributed by atoms with Gasteiger partial charge in [0.25, 0.3) is 5.91 Å². The van der Waals surface area contributed by atoms with Crippen LogP contribution in [0.25, 0.3) is 0 Å². The van der Waals surface area contributed by atoms with Gasteiger partial charge >= 0.3 is 0 Å². The molecule has 94 valence electrons. The Hall–Kier alpha value is -1.72. The first-order valence-corrected chi connectivity index (χ1v) is 5.78. The highest BCUT2D eigenvalue weighted by Gasteiger charge is 2.15. The van der Waals surface area contributed by atoms with Crippen molar-refractivity contribution < 1.29 is 4.79 Å². The summed E-state index contributed by atoms with van der Waals surface area (Å²) in [5, 5.41) is 7.43. The fraction of sp³-hybridized carbons (Fsp3) is 0.0909. The first kappa shape index (κ1) is 12.7. The molecule has 0 radical (unpaired) electrons. The number of aryl methyl sites for hydroxylation is 1. The Morgan fingerprint density at radius 2 is 2.17 bits per heavy atom. The first-order valence-electron chi connectivity index (χ1n) is 5.03. The summed E-state index contributed by atoms with van der Waals surface area (Å²) in [7, 11) is 1.68. The highest BCUT2D eigenvalue weighted by atomic mass is 35.5. The summed E-state index contributed by atoms with van der Waals surface area (Å²) in [5.41, 5.74) is 6.58. The number of amides is 1. The monoisotopic (exact) mass is 284 g/mol. The molecule has 0 aliphatic rings. The molecule has 5 nitrogen and oxygen atoms in total. The van der Waals surface area contributed by atoms with Crippen molar-refractivity contribution in [3.63, 3.8) is 0 Å². The van der Waals surface area contributed by atoms with Crippen LogP contribution in [-0.2, 0) is 7.05 Å². The third kappa shape index (κ3) is 2.57. The molecule has 18 heavy (non-hydrogen) atoms. The molecule has 1 amide bonds. The smallest absolute Gasteiger partial charge is 0.278 e. The van der Waals surface area contributed by atoms with Crippen LogP contribution in [0.3, 0.4) is 0 Å². The van der Waals surface area contributed by atoms with Crippen LogP contribution >= 0.6 is 23.2 Å². The van der Waals surface area contributed by atoms with Crippen LogP contribution in [0.2, 0.25) is 10.0 Å². The zero-order chi connectivity index (χ0) is 13.3. The fourth-order valence-electron chi connectivity index (χ4n) is 1.46. The quantitative estimate of drug-likeness (QED) is 0.890. The van der Waals surface area contributed by atoms with Crippen molar-refractivity contribution in [2.24, 2.45) is 7.05 Å². The number of hydrogen-bond acceptors (Lipinski definition) is 3. The third-order valence-corrected chi connectivity index (χ3v) is 2.80. The fourth-order valence-corrected chi connectivity index (χ4v) is 1.91. The molecule has 0 saturated carbocycles. The van der Waals surface area contributed by atoms with Crippen molar-refractivity contribution in [2.45, 2.75) is 0 Å². The van der Waals surface area contributed by atoms with Crippen molar-refractivity contribution in [1.29, 1.82) is 0 Å². The number of nitrogen functional groups attached to an aromatic ring is 1. The summed E-state index contributed by atoms with van der Waals surface area (Å²) in [6.45, 7) is 0. The molecule has 2 rings (SSSR count). The molecule has 1 aromatic carbocycles. The maximum Gasteiger partial charge on any atom is 0.278 e. The van der Waals surface area contributed by atoms with Gasteiger partial charge in [-0.25, -0.2) is 0 Å². The van der Waals surface area contributed by atoms with Crippen LogP contribution < -0.4 is 11.1 Å². The number of nitrogens with one attached hydrogen (secondary N) is 1. The van der Waals surface area contributed by atoms with Gasteiger partial charge in [0.2, 0.25) is 0 Å². The van der Waals surface area contributed by atoms with Gasteiger partial charge in [-0.1, -0.05) is 23.2 Å². The number of hydrogen-bond donors (Lipinski definition) is 2. The Bertz CT molecular complexity index is 609. The summed E-state index contributed by atoms with van der Waals surface area (Å²) >= 11 is 11.7. The van der Waals surface area contributed by atoms with Crippen molar-refractivity contribution in [2.75, 3.05) is 11.1 Å². The normalized spacial score (nSPS) is 10.4. The molecule has 7 heteroatoms. The zero-order valence-electron chi connectivity index (χ0n) is 9.45. The predicted molar refractivity (Wildman–Crippen MR) is 72.0 cm³/mol. The van der Waals surface area contributed by atoms with Crippen molar-refractivity contribution in [3.05, 3.63) is 40.1 Å². The van der Waals surface area contributed by atoms with Crippen molar-refractivity contribution >= 4 is 40.5 Å². The Morgan fingerprint density at radius 3 is 2.72 bits per heavy atom. The van der Waals surface area contributed by atoms with Gasteiger partial charge in [-0.3, -0.25) is 9.48 Å². The lowest BCUT2D eigenvalue weighted by Gasteiger charge is -2.06. The van der Waals surface area contributed by atoms with Gasteiger partial charge in [-0.05, 0) is 18.2 Å². The lowest BCUT2D eigenvalue weighted by Crippen LogP contribution is -2.14. The number of benzene rings is 1. The van der Waals surface area contributed by atoms with Crippen LogP contribution in [0.1, 0.15) is 10.5 Å². The molecule has 0 bridgehead atoms. The van der Waals surface area contributed by atoms with Crippen LogP contribution in [-0.4, -0.2) is 15.7 Å². The summed E-state index contributed by atoms with van der Waals surface area (Å²) < 4.78 is 1.47. The Labute approximate surface area is 113 Å². The summed E-state index contributed by atoms with van der Waals surface area (Å²) in [6.07, 6.45) is 1.55. The number of nitrogens with two attached hydrogens (primary N) is 1. The van der Waals surface area contributed by atoms with Gasteiger partial charge in [0.05, 0.1) is 16.4 Å². The van der Waals surface area contributed by atoms with Crippen molar-refractivity contribution in [1.82, 2.24) is 9.78 Å². The zero-order valence-corrected chi connectivity index (χ0v) is 11.0. The van der Waals surface area contributed by atoms with E-state index in [0.29, 0.717) is 21.4 Å². The lowest BCUT2D eigenvalue weighted by atomic mass is 10.3. The highest BCUT2D eigenvalue weighted by molar-refractivity contribution is 6.36. The average molecular weight is 285 g/mol. The molecule has 0 aliphatic heterocycles. The maximum absolute atomic E-state index is 11.9. The second-order valence-corrected chi connectivity index (χ2v) is 4.53. The minimum Gasteiger partial charge on any atom is -0.396 e. The lowest BCUT2D eigenvalue weighted by molar-refractivity contribution is 0.102. The molecule has 0 saturated heterocycles. The van der Waals surface area contributed by atoms with E-state index in [1.807, 2.05) is 0 Å². The molecule has 0 spiro atoms. The number of carbonyl (C=O) groups excluding carboxylic acids is 1. The molecule has 0 atom stereocenters. The molecule has 1 aromatic heterocycles. The van der Waals surface area contributed by atoms with Crippen LogP contribution in [0.5, 0.6) is 0 Å². The van der Waals surface area contributed by atoms with Crippen LogP contribution in [0.15, 0.2) is 24.4 Å². The van der Waals surface area contributed by atoms with E-state index < -0.39 is 5.91 Å². The van der Waals surface area contributed by atoms with E-state index in [1.165, 1.54) is 4.68 Å². The number of halogens is 2. The molecule has 1 heterocycles. The SMILES string of the molecule is Cn1cc(N)c(C(=O)Nc2ccc(Cl)cc2Cl)n1. The molecule has 3 N–H and O–H groups in total. The second-order valence-electron chi connectivity index (χ2n) is 3.69. The third-order valence-electron chi connectivity index (χ3n) is 2.25. The number of anilines is 2. The molecule has 0 fully saturated rings. The van der Waals surface area contributed by atoms with Crippen LogP contribution in [0.4, 0.5) is 11.4 Å². The van der Waals surface area contributed by atoms with Gasteiger partial charge in [0.15, 0.2) is 5.69 Å². The van der Waals surface area contributed by atoms with Gasteiger partial charge < -0.3 is 11.1 Å². The van der Waals surface area contributed by atoms with Gasteiger partial charge in [0.1, 0.15) is 0 Å². The van der Waals surface area contributed by atoms with E-state index >= 15 is 0 Å². The van der Waals surface area contributed by atoms with E-state index in [2.05, 4.69) is 10.4 Å². The summed E-state index contributed by atoms with van der Waals surface area (Å²) in [4.78, 5) is 11.9. The van der Waals surface area contributed by atoms with Crippen molar-refractivity contribution in [3.8, 4) is 0 Å². The standard InChI is InChI=1S/C11H10Cl2N4O/c1-17-5-8(14)10(16-17)11(18)15-9-3-2-6(12)4-7(9)13/h2-5H,14H2,1H3,(H,15,18). The number of aromatic nitrogens is 2. The topological polar surface area (TPSA) is 72.9 Å². The van der Waals surface area contributed by atoms with E-state index in [-0.39, 0.29) is 5.69 Å². The number of carbonyl (C=O) groups is 1. The summed E-state index contributed by atoms with van der Waals surface area (Å²) in [5.74, 6) is -0.419. The minimum atomic E-state index is -0.419. The largest absolute Gasteiger partial charge is 0.396 e. The Morgan fingerprint density at radius 1 is 1.44 bits per heavy atom. The van der Waals surface area contributed by atoms with E-state index in [4.69, 9.17) is 28.9 Å². The number of nitrogens with zero attached hydrogens (tertiary/aromatic N) is 2. The Kier molecular flexibility index (Phi) is 3.45. The maximum atomic E-state index is 11.9. The van der Waals surface area contributed by atoms with Gasteiger partial charge in [0, 0.05) is 18.3 Å². The number of rotatable bonds is 2. The second kappa shape index (κ2) is 4.88. The molecule has 0 aliphatic carbocycles. The average Bonchev–Trinajstić information content (AvgIpc) is 2.62. The van der Waals surface area contributed by atoms with E-state index in [9.17, 15) is 4.79 Å². The molecule has 2 aromatic rings. The predicted octanol–water partition coefficient (Wildman–Crippen LogP) is 2.56. The first-order chi connectivity index (χ1) is 8.47. The molecular weight excluding hydrogens is 275 g/mol. The molecular formula is C11H10Cl2N4O. The highest BCUT2D eigenvalue weighted by Crippen LogP contribution is 2.26. The van der Waals surface area contributed by atoms with Crippen LogP contribution in [0, 0.1) is 0 Å². The summed E-state index contributed by atoms with van der Waals surface area (Å²) in [6, 6.07) is 4.78. The minimum absolute atomic E-state index is 0.156.